The van der Waals surface area contributed by atoms with Crippen LogP contribution in [0.3, 0.4) is 0 Å². The molecule has 18 heavy (non-hydrogen) atoms. The molecule has 1 aliphatic rings. The van der Waals surface area contributed by atoms with Crippen LogP contribution in [0.5, 0.6) is 0 Å². The second kappa shape index (κ2) is 4.61. The van der Waals surface area contributed by atoms with Gasteiger partial charge in [-0.2, -0.15) is 0 Å². The van der Waals surface area contributed by atoms with Crippen LogP contribution < -0.4 is 10.6 Å². The predicted molar refractivity (Wildman–Crippen MR) is 71.5 cm³/mol. The largest absolute Gasteiger partial charge is 0.372 e. The van der Waals surface area contributed by atoms with Crippen LogP contribution in [0.15, 0.2) is 18.2 Å². The highest BCUT2D eigenvalue weighted by molar-refractivity contribution is 7.90. The normalized spacial score (nSPS) is 18.8. The van der Waals surface area contributed by atoms with Crippen molar-refractivity contribution in [1.82, 2.24) is 0 Å². The smallest absolute Gasteiger partial charge is 0.246 e. The standard InChI is InChI=1S/C12H16N2O3S/c1-8-4-3-5-9-11(8)14-12(15)10(13-9)6-7-18(2,16)17/h3-5,10,13H,6-7H2,1-2H3,(H,14,15). The van der Waals surface area contributed by atoms with Crippen molar-refractivity contribution in [3.63, 3.8) is 0 Å². The molecule has 1 heterocycles. The summed E-state index contributed by atoms with van der Waals surface area (Å²) >= 11 is 0. The molecule has 2 N–H and O–H groups in total. The average molecular weight is 268 g/mol. The van der Waals surface area contributed by atoms with Crippen LogP contribution in [0.4, 0.5) is 11.4 Å². The summed E-state index contributed by atoms with van der Waals surface area (Å²) in [6.07, 6.45) is 1.45. The molecule has 1 aromatic carbocycles. The van der Waals surface area contributed by atoms with Crippen molar-refractivity contribution in [3.05, 3.63) is 23.8 Å². The third-order valence-electron chi connectivity index (χ3n) is 2.94. The maximum atomic E-state index is 11.9. The van der Waals surface area contributed by atoms with E-state index in [9.17, 15) is 13.2 Å². The van der Waals surface area contributed by atoms with Gasteiger partial charge < -0.3 is 10.6 Å². The van der Waals surface area contributed by atoms with Crippen LogP contribution in [0.25, 0.3) is 0 Å². The number of sulfone groups is 1. The van der Waals surface area contributed by atoms with E-state index in [1.165, 1.54) is 6.26 Å². The van der Waals surface area contributed by atoms with Crippen LogP contribution in [0.2, 0.25) is 0 Å². The van der Waals surface area contributed by atoms with Crippen molar-refractivity contribution >= 4 is 27.1 Å². The number of hydrogen-bond acceptors (Lipinski definition) is 4. The summed E-state index contributed by atoms with van der Waals surface area (Å²) in [5.41, 5.74) is 2.60. The number of nitrogens with one attached hydrogen (secondary N) is 2. The van der Waals surface area contributed by atoms with Crippen LogP contribution >= 0.6 is 0 Å². The van der Waals surface area contributed by atoms with E-state index in [-0.39, 0.29) is 18.1 Å². The molecule has 98 valence electrons. The van der Waals surface area contributed by atoms with Gasteiger partial charge in [-0.05, 0) is 25.0 Å². The Balaban J connectivity index is 2.16. The lowest BCUT2D eigenvalue weighted by atomic mass is 10.1. The Bertz CT molecular complexity index is 581. The summed E-state index contributed by atoms with van der Waals surface area (Å²) in [4.78, 5) is 11.9. The predicted octanol–water partition coefficient (Wildman–Crippen LogP) is 1.16. The summed E-state index contributed by atoms with van der Waals surface area (Å²) in [7, 11) is -3.05. The first-order valence-electron chi connectivity index (χ1n) is 5.71. The van der Waals surface area contributed by atoms with Gasteiger partial charge in [-0.25, -0.2) is 8.42 Å². The van der Waals surface area contributed by atoms with E-state index < -0.39 is 15.9 Å². The van der Waals surface area contributed by atoms with Gasteiger partial charge in [0, 0.05) is 6.26 Å². The molecular weight excluding hydrogens is 252 g/mol. The quantitative estimate of drug-likeness (QED) is 0.862. The van der Waals surface area contributed by atoms with Gasteiger partial charge in [-0.1, -0.05) is 12.1 Å². The fourth-order valence-corrected chi connectivity index (χ4v) is 2.62. The topological polar surface area (TPSA) is 75.3 Å². The van der Waals surface area contributed by atoms with E-state index in [4.69, 9.17) is 0 Å². The van der Waals surface area contributed by atoms with E-state index in [0.29, 0.717) is 0 Å². The molecule has 0 bridgehead atoms. The third-order valence-corrected chi connectivity index (χ3v) is 3.92. The summed E-state index contributed by atoms with van der Waals surface area (Å²) in [6.45, 7) is 1.91. The first kappa shape index (κ1) is 12.9. The molecule has 0 aliphatic carbocycles. The Morgan fingerprint density at radius 1 is 1.33 bits per heavy atom. The fourth-order valence-electron chi connectivity index (χ4n) is 1.95. The van der Waals surface area contributed by atoms with Crippen molar-refractivity contribution in [2.45, 2.75) is 19.4 Å². The number of aryl methyl sites for hydroxylation is 1. The summed E-state index contributed by atoms with van der Waals surface area (Å²) < 4.78 is 22.2. The van der Waals surface area contributed by atoms with Gasteiger partial charge in [0.05, 0.1) is 17.1 Å². The van der Waals surface area contributed by atoms with Crippen molar-refractivity contribution in [2.75, 3.05) is 22.6 Å². The zero-order chi connectivity index (χ0) is 13.3. The van der Waals surface area contributed by atoms with Gasteiger partial charge in [0.15, 0.2) is 0 Å². The monoisotopic (exact) mass is 268 g/mol. The molecule has 1 aliphatic heterocycles. The fraction of sp³-hybridized carbons (Fsp3) is 0.417. The molecule has 0 saturated heterocycles. The van der Waals surface area contributed by atoms with Gasteiger partial charge in [-0.3, -0.25) is 4.79 Å². The number of carbonyl (C=O) groups excluding carboxylic acids is 1. The van der Waals surface area contributed by atoms with Gasteiger partial charge in [0.2, 0.25) is 5.91 Å². The molecule has 1 amide bonds. The summed E-state index contributed by atoms with van der Waals surface area (Å²) in [5, 5.41) is 5.90. The molecule has 1 aromatic rings. The third kappa shape index (κ3) is 2.81. The highest BCUT2D eigenvalue weighted by atomic mass is 32.2. The average Bonchev–Trinajstić information content (AvgIpc) is 2.27. The number of rotatable bonds is 3. The van der Waals surface area contributed by atoms with Crippen LogP contribution in [0.1, 0.15) is 12.0 Å². The Morgan fingerprint density at radius 3 is 2.72 bits per heavy atom. The second-order valence-electron chi connectivity index (χ2n) is 4.60. The lowest BCUT2D eigenvalue weighted by Crippen LogP contribution is -2.40. The highest BCUT2D eigenvalue weighted by Crippen LogP contribution is 2.30. The Hall–Kier alpha value is -1.56. The highest BCUT2D eigenvalue weighted by Gasteiger charge is 2.26. The van der Waals surface area contributed by atoms with Gasteiger partial charge in [0.25, 0.3) is 0 Å². The SMILES string of the molecule is Cc1cccc2c1NC(=O)C(CCS(C)(=O)=O)N2. The minimum atomic E-state index is -3.05. The number of para-hydroxylation sites is 1. The van der Waals surface area contributed by atoms with E-state index in [0.717, 1.165) is 16.9 Å². The first-order valence-corrected chi connectivity index (χ1v) is 7.77. The lowest BCUT2D eigenvalue weighted by molar-refractivity contribution is -0.117. The first-order chi connectivity index (χ1) is 8.37. The van der Waals surface area contributed by atoms with Crippen LogP contribution in [-0.2, 0) is 14.6 Å². The van der Waals surface area contributed by atoms with E-state index in [1.807, 2.05) is 25.1 Å². The van der Waals surface area contributed by atoms with E-state index >= 15 is 0 Å². The molecule has 0 fully saturated rings. The number of anilines is 2. The van der Waals surface area contributed by atoms with Crippen molar-refractivity contribution in [2.24, 2.45) is 0 Å². The zero-order valence-electron chi connectivity index (χ0n) is 10.4. The Kier molecular flexibility index (Phi) is 3.30. The molecule has 0 saturated carbocycles. The molecule has 0 spiro atoms. The molecule has 6 heteroatoms. The number of fused-ring (bicyclic) bond motifs is 1. The Labute approximate surface area is 107 Å². The maximum Gasteiger partial charge on any atom is 0.246 e. The number of amides is 1. The maximum absolute atomic E-state index is 11.9. The minimum absolute atomic E-state index is 0.000758. The van der Waals surface area contributed by atoms with Gasteiger partial charge in [-0.15, -0.1) is 0 Å². The summed E-state index contributed by atoms with van der Waals surface area (Å²) in [6, 6.07) is 5.19. The number of carbonyl (C=O) groups is 1. The second-order valence-corrected chi connectivity index (χ2v) is 6.86. The minimum Gasteiger partial charge on any atom is -0.372 e. The molecule has 5 nitrogen and oxygen atoms in total. The van der Waals surface area contributed by atoms with E-state index in [2.05, 4.69) is 10.6 Å². The Morgan fingerprint density at radius 2 is 2.06 bits per heavy atom. The molecule has 1 unspecified atom stereocenters. The number of hydrogen-bond donors (Lipinski definition) is 2. The molecule has 2 rings (SSSR count). The molecule has 0 aromatic heterocycles. The van der Waals surface area contributed by atoms with Crippen LogP contribution in [-0.4, -0.2) is 32.4 Å². The summed E-state index contributed by atoms with van der Waals surface area (Å²) in [5.74, 6) is -0.181. The van der Waals surface area contributed by atoms with Crippen molar-refractivity contribution < 1.29 is 13.2 Å². The van der Waals surface area contributed by atoms with E-state index in [1.54, 1.807) is 0 Å². The van der Waals surface area contributed by atoms with Crippen molar-refractivity contribution in [3.8, 4) is 0 Å². The number of benzene rings is 1. The van der Waals surface area contributed by atoms with Gasteiger partial charge in [0.1, 0.15) is 15.9 Å². The molecule has 0 radical (unpaired) electrons. The van der Waals surface area contributed by atoms with Crippen LogP contribution in [0, 0.1) is 6.92 Å². The lowest BCUT2D eigenvalue weighted by Gasteiger charge is -2.27. The molecule has 1 atom stereocenters. The zero-order valence-corrected chi connectivity index (χ0v) is 11.2. The van der Waals surface area contributed by atoms with Gasteiger partial charge >= 0.3 is 0 Å². The van der Waals surface area contributed by atoms with Crippen molar-refractivity contribution in [1.29, 1.82) is 0 Å². The molecular formula is C12H16N2O3S.